The Morgan fingerprint density at radius 1 is 1.41 bits per heavy atom. The van der Waals surface area contributed by atoms with Crippen LogP contribution in [0.3, 0.4) is 0 Å². The fraction of sp³-hybridized carbons (Fsp3) is 0.769. The average Bonchev–Trinajstić information content (AvgIpc) is 2.70. The van der Waals surface area contributed by atoms with E-state index in [1.165, 1.54) is 6.42 Å². The maximum absolute atomic E-state index is 10.9. The molecule has 1 heterocycles. The number of hydrogen-bond acceptors (Lipinski definition) is 3. The number of rotatable bonds is 3. The molecule has 1 spiro atoms. The first-order valence-electron chi connectivity index (χ1n) is 6.35. The van der Waals surface area contributed by atoms with Gasteiger partial charge < -0.3 is 14.6 Å². The first kappa shape index (κ1) is 12.6. The minimum atomic E-state index is -0.860. The molecule has 17 heavy (non-hydrogen) atoms. The Morgan fingerprint density at radius 2 is 2.12 bits per heavy atom. The summed E-state index contributed by atoms with van der Waals surface area (Å²) in [6, 6.07) is 0. The minimum absolute atomic E-state index is 0.101. The lowest BCUT2D eigenvalue weighted by Gasteiger charge is -2.31. The van der Waals surface area contributed by atoms with E-state index in [1.807, 2.05) is 0 Å². The van der Waals surface area contributed by atoms with Gasteiger partial charge in [-0.05, 0) is 19.8 Å². The second-order valence-corrected chi connectivity index (χ2v) is 4.85. The topological polar surface area (TPSA) is 55.8 Å². The number of carboxylic acid groups (broad SMARTS) is 1. The second kappa shape index (κ2) is 5.19. The third-order valence-corrected chi connectivity index (χ3v) is 3.60. The lowest BCUT2D eigenvalue weighted by Crippen LogP contribution is -2.33. The van der Waals surface area contributed by atoms with E-state index in [9.17, 15) is 4.79 Å². The van der Waals surface area contributed by atoms with Crippen LogP contribution in [0.4, 0.5) is 0 Å². The van der Waals surface area contributed by atoms with E-state index >= 15 is 0 Å². The van der Waals surface area contributed by atoms with Gasteiger partial charge in [-0.1, -0.05) is 12.5 Å². The Labute approximate surface area is 102 Å². The van der Waals surface area contributed by atoms with Crippen LogP contribution in [0.15, 0.2) is 11.6 Å². The lowest BCUT2D eigenvalue weighted by atomic mass is 9.94. The maximum atomic E-state index is 10.9. The standard InChI is InChI=1S/C13H20O4/c1-2-10(12(14)15)8-11-9-16-13(17-11)6-4-3-5-7-13/h2,11H,3-9H2,1H3,(H,14,15). The fourth-order valence-electron chi connectivity index (χ4n) is 2.64. The van der Waals surface area contributed by atoms with E-state index in [1.54, 1.807) is 13.0 Å². The predicted molar refractivity (Wildman–Crippen MR) is 62.7 cm³/mol. The van der Waals surface area contributed by atoms with Crippen LogP contribution < -0.4 is 0 Å². The molecule has 1 saturated heterocycles. The molecular weight excluding hydrogens is 220 g/mol. The third-order valence-electron chi connectivity index (χ3n) is 3.60. The first-order chi connectivity index (χ1) is 8.15. The molecule has 1 aliphatic carbocycles. The molecule has 0 aromatic rings. The average molecular weight is 240 g/mol. The first-order valence-corrected chi connectivity index (χ1v) is 6.35. The van der Waals surface area contributed by atoms with Crippen molar-refractivity contribution in [3.05, 3.63) is 11.6 Å². The molecule has 1 aliphatic heterocycles. The van der Waals surface area contributed by atoms with Crippen LogP contribution in [-0.2, 0) is 14.3 Å². The maximum Gasteiger partial charge on any atom is 0.331 e. The van der Waals surface area contributed by atoms with Gasteiger partial charge in [-0.2, -0.15) is 0 Å². The molecule has 0 aromatic carbocycles. The highest BCUT2D eigenvalue weighted by Gasteiger charge is 2.42. The van der Waals surface area contributed by atoms with Crippen molar-refractivity contribution in [2.45, 2.75) is 57.3 Å². The number of aliphatic carboxylic acids is 1. The molecule has 1 saturated carbocycles. The van der Waals surface area contributed by atoms with Crippen LogP contribution in [0.1, 0.15) is 45.4 Å². The molecule has 2 aliphatic rings. The Hall–Kier alpha value is -0.870. The third kappa shape index (κ3) is 2.87. The molecular formula is C13H20O4. The van der Waals surface area contributed by atoms with Gasteiger partial charge >= 0.3 is 5.97 Å². The molecule has 1 atom stereocenters. The van der Waals surface area contributed by atoms with Gasteiger partial charge in [-0.15, -0.1) is 0 Å². The predicted octanol–water partition coefficient (Wildman–Crippen LogP) is 2.48. The molecule has 1 N–H and O–H groups in total. The molecule has 0 amide bonds. The van der Waals surface area contributed by atoms with Gasteiger partial charge in [0.2, 0.25) is 0 Å². The number of carbonyl (C=O) groups is 1. The van der Waals surface area contributed by atoms with Crippen LogP contribution in [0.2, 0.25) is 0 Å². The molecule has 2 rings (SSSR count). The van der Waals surface area contributed by atoms with E-state index in [0.29, 0.717) is 18.6 Å². The van der Waals surface area contributed by atoms with Crippen LogP contribution in [0.25, 0.3) is 0 Å². The summed E-state index contributed by atoms with van der Waals surface area (Å²) in [5.41, 5.74) is 0.409. The van der Waals surface area contributed by atoms with Gasteiger partial charge in [0.25, 0.3) is 0 Å². The summed E-state index contributed by atoms with van der Waals surface area (Å²) in [5.74, 6) is -1.26. The zero-order valence-electron chi connectivity index (χ0n) is 10.3. The summed E-state index contributed by atoms with van der Waals surface area (Å²) in [5, 5.41) is 8.97. The Bertz CT molecular complexity index is 315. The van der Waals surface area contributed by atoms with Gasteiger partial charge in [0, 0.05) is 24.8 Å². The second-order valence-electron chi connectivity index (χ2n) is 4.85. The summed E-state index contributed by atoms with van der Waals surface area (Å²) < 4.78 is 11.7. The summed E-state index contributed by atoms with van der Waals surface area (Å²) in [4.78, 5) is 10.9. The van der Waals surface area contributed by atoms with E-state index in [2.05, 4.69) is 0 Å². The normalized spacial score (nSPS) is 28.5. The Morgan fingerprint density at radius 3 is 2.71 bits per heavy atom. The van der Waals surface area contributed by atoms with Crippen molar-refractivity contribution in [2.24, 2.45) is 0 Å². The zero-order chi connectivity index (χ0) is 12.3. The smallest absolute Gasteiger partial charge is 0.331 e. The van der Waals surface area contributed by atoms with Crippen molar-refractivity contribution in [1.29, 1.82) is 0 Å². The number of allylic oxidation sites excluding steroid dienone is 1. The highest BCUT2D eigenvalue weighted by Crippen LogP contribution is 2.38. The number of carboxylic acids is 1. The monoisotopic (exact) mass is 240 g/mol. The van der Waals surface area contributed by atoms with E-state index in [-0.39, 0.29) is 6.10 Å². The molecule has 4 heteroatoms. The molecule has 4 nitrogen and oxygen atoms in total. The highest BCUT2D eigenvalue weighted by atomic mass is 16.7. The van der Waals surface area contributed by atoms with Crippen LogP contribution >= 0.6 is 0 Å². The number of ether oxygens (including phenoxy) is 2. The molecule has 1 unspecified atom stereocenters. The van der Waals surface area contributed by atoms with Crippen LogP contribution in [0, 0.1) is 0 Å². The summed E-state index contributed by atoms with van der Waals surface area (Å²) in [6.07, 6.45) is 7.39. The van der Waals surface area contributed by atoms with Crippen molar-refractivity contribution in [2.75, 3.05) is 6.61 Å². The van der Waals surface area contributed by atoms with Crippen molar-refractivity contribution >= 4 is 5.97 Å². The zero-order valence-corrected chi connectivity index (χ0v) is 10.3. The van der Waals surface area contributed by atoms with Crippen molar-refractivity contribution in [3.8, 4) is 0 Å². The van der Waals surface area contributed by atoms with Gasteiger partial charge in [-0.3, -0.25) is 0 Å². The molecule has 0 radical (unpaired) electrons. The van der Waals surface area contributed by atoms with Crippen molar-refractivity contribution in [1.82, 2.24) is 0 Å². The van der Waals surface area contributed by atoms with Crippen molar-refractivity contribution < 1.29 is 19.4 Å². The summed E-state index contributed by atoms with van der Waals surface area (Å²) >= 11 is 0. The largest absolute Gasteiger partial charge is 0.478 e. The molecule has 0 bridgehead atoms. The summed E-state index contributed by atoms with van der Waals surface area (Å²) in [6.45, 7) is 2.26. The van der Waals surface area contributed by atoms with Crippen LogP contribution in [-0.4, -0.2) is 29.6 Å². The van der Waals surface area contributed by atoms with Gasteiger partial charge in [0.1, 0.15) is 0 Å². The lowest BCUT2D eigenvalue weighted by molar-refractivity contribution is -0.187. The van der Waals surface area contributed by atoms with Gasteiger partial charge in [-0.25, -0.2) is 4.79 Å². The van der Waals surface area contributed by atoms with Gasteiger partial charge in [0.05, 0.1) is 12.7 Å². The molecule has 0 aromatic heterocycles. The Kier molecular flexibility index (Phi) is 3.84. The van der Waals surface area contributed by atoms with E-state index in [4.69, 9.17) is 14.6 Å². The Balaban J connectivity index is 1.91. The highest BCUT2D eigenvalue weighted by molar-refractivity contribution is 5.86. The molecule has 2 fully saturated rings. The van der Waals surface area contributed by atoms with E-state index < -0.39 is 11.8 Å². The molecule has 96 valence electrons. The van der Waals surface area contributed by atoms with Crippen LogP contribution in [0.5, 0.6) is 0 Å². The van der Waals surface area contributed by atoms with Gasteiger partial charge in [0.15, 0.2) is 5.79 Å². The summed E-state index contributed by atoms with van der Waals surface area (Å²) in [7, 11) is 0. The van der Waals surface area contributed by atoms with E-state index in [0.717, 1.165) is 25.7 Å². The number of hydrogen-bond donors (Lipinski definition) is 1. The minimum Gasteiger partial charge on any atom is -0.478 e. The SMILES string of the molecule is CC=C(CC1COC2(CCCCC2)O1)C(=O)O. The fourth-order valence-corrected chi connectivity index (χ4v) is 2.64. The van der Waals surface area contributed by atoms with Crippen molar-refractivity contribution in [3.63, 3.8) is 0 Å². The quantitative estimate of drug-likeness (QED) is 0.770.